The average molecular weight is 348 g/mol. The van der Waals surface area contributed by atoms with E-state index in [-0.39, 0.29) is 5.91 Å². The van der Waals surface area contributed by atoms with Gasteiger partial charge < -0.3 is 9.64 Å². The van der Waals surface area contributed by atoms with Crippen molar-refractivity contribution >= 4 is 33.4 Å². The summed E-state index contributed by atoms with van der Waals surface area (Å²) in [6.45, 7) is 4.95. The summed E-state index contributed by atoms with van der Waals surface area (Å²) in [5.74, 6) is 0.441. The standard InChI is InChI=1S/C13H16BrClN2O2/c1-2-19-8-9-3-4-17(7-9)13(18)10-5-11(14)12(15)16-6-10/h5-6,9H,2-4,7-8H2,1H3. The van der Waals surface area contributed by atoms with Gasteiger partial charge in [-0.15, -0.1) is 0 Å². The molecule has 1 saturated heterocycles. The fourth-order valence-corrected chi connectivity index (χ4v) is 2.61. The van der Waals surface area contributed by atoms with Crippen LogP contribution in [0, 0.1) is 5.92 Å². The van der Waals surface area contributed by atoms with Crippen molar-refractivity contribution < 1.29 is 9.53 Å². The van der Waals surface area contributed by atoms with Crippen LogP contribution in [0.15, 0.2) is 16.7 Å². The zero-order chi connectivity index (χ0) is 13.8. The molecule has 1 aliphatic rings. The first-order valence-corrected chi connectivity index (χ1v) is 7.47. The Kier molecular flexibility index (Phi) is 5.19. The second-order valence-corrected chi connectivity index (χ2v) is 5.77. The highest BCUT2D eigenvalue weighted by molar-refractivity contribution is 9.10. The lowest BCUT2D eigenvalue weighted by Crippen LogP contribution is -2.29. The molecular weight excluding hydrogens is 332 g/mol. The first-order chi connectivity index (χ1) is 9.11. The first-order valence-electron chi connectivity index (χ1n) is 6.30. The maximum Gasteiger partial charge on any atom is 0.255 e. The van der Waals surface area contributed by atoms with Gasteiger partial charge in [-0.05, 0) is 35.3 Å². The molecule has 19 heavy (non-hydrogen) atoms. The molecule has 0 aliphatic carbocycles. The fraction of sp³-hybridized carbons (Fsp3) is 0.538. The van der Waals surface area contributed by atoms with Crippen LogP contribution in [0.25, 0.3) is 0 Å². The van der Waals surface area contributed by atoms with Gasteiger partial charge >= 0.3 is 0 Å². The Bertz CT molecular complexity index is 470. The molecular formula is C13H16BrClN2O2. The molecule has 1 fully saturated rings. The molecule has 1 aromatic heterocycles. The van der Waals surface area contributed by atoms with Gasteiger partial charge in [0.15, 0.2) is 0 Å². The van der Waals surface area contributed by atoms with E-state index < -0.39 is 0 Å². The van der Waals surface area contributed by atoms with Crippen molar-refractivity contribution in [2.24, 2.45) is 5.92 Å². The molecule has 0 N–H and O–H groups in total. The zero-order valence-corrected chi connectivity index (χ0v) is 13.1. The molecule has 1 aromatic rings. The third-order valence-corrected chi connectivity index (χ3v) is 4.31. The number of amides is 1. The van der Waals surface area contributed by atoms with Crippen LogP contribution in [0.1, 0.15) is 23.7 Å². The summed E-state index contributed by atoms with van der Waals surface area (Å²) < 4.78 is 6.05. The van der Waals surface area contributed by atoms with Crippen molar-refractivity contribution in [1.82, 2.24) is 9.88 Å². The summed E-state index contributed by atoms with van der Waals surface area (Å²) in [5.41, 5.74) is 0.563. The number of hydrogen-bond donors (Lipinski definition) is 0. The lowest BCUT2D eigenvalue weighted by Gasteiger charge is -2.16. The molecule has 2 heterocycles. The summed E-state index contributed by atoms with van der Waals surface area (Å²) in [7, 11) is 0. The van der Waals surface area contributed by atoms with Gasteiger partial charge in [-0.1, -0.05) is 11.6 Å². The van der Waals surface area contributed by atoms with Crippen LogP contribution in [-0.4, -0.2) is 42.1 Å². The molecule has 1 aliphatic heterocycles. The molecule has 0 saturated carbocycles. The van der Waals surface area contributed by atoms with Gasteiger partial charge in [0.25, 0.3) is 5.91 Å². The van der Waals surface area contributed by atoms with Gasteiger partial charge in [0.1, 0.15) is 5.15 Å². The molecule has 6 heteroatoms. The zero-order valence-electron chi connectivity index (χ0n) is 10.7. The van der Waals surface area contributed by atoms with E-state index in [2.05, 4.69) is 20.9 Å². The van der Waals surface area contributed by atoms with E-state index in [0.717, 1.165) is 32.7 Å². The van der Waals surface area contributed by atoms with E-state index in [9.17, 15) is 4.79 Å². The van der Waals surface area contributed by atoms with Gasteiger partial charge in [0.2, 0.25) is 0 Å². The van der Waals surface area contributed by atoms with Crippen molar-refractivity contribution in [3.8, 4) is 0 Å². The summed E-state index contributed by atoms with van der Waals surface area (Å²) in [4.78, 5) is 18.1. The van der Waals surface area contributed by atoms with Gasteiger partial charge in [-0.25, -0.2) is 4.98 Å². The second kappa shape index (κ2) is 6.68. The van der Waals surface area contributed by atoms with Crippen LogP contribution < -0.4 is 0 Å². The number of carbonyl (C=O) groups is 1. The molecule has 0 radical (unpaired) electrons. The lowest BCUT2D eigenvalue weighted by atomic mass is 10.1. The minimum atomic E-state index is 0.00358. The molecule has 0 aromatic carbocycles. The molecule has 104 valence electrons. The van der Waals surface area contributed by atoms with Crippen LogP contribution in [0.2, 0.25) is 5.15 Å². The maximum atomic E-state index is 12.3. The van der Waals surface area contributed by atoms with Crippen LogP contribution in [0.5, 0.6) is 0 Å². The number of nitrogens with zero attached hydrogens (tertiary/aromatic N) is 2. The number of ether oxygens (including phenoxy) is 1. The van der Waals surface area contributed by atoms with E-state index in [4.69, 9.17) is 16.3 Å². The Hall–Kier alpha value is -0.650. The van der Waals surface area contributed by atoms with E-state index in [0.29, 0.717) is 21.1 Å². The van der Waals surface area contributed by atoms with Gasteiger partial charge in [-0.3, -0.25) is 4.79 Å². The highest BCUT2D eigenvalue weighted by atomic mass is 79.9. The minimum Gasteiger partial charge on any atom is -0.381 e. The summed E-state index contributed by atoms with van der Waals surface area (Å²) in [6.07, 6.45) is 2.51. The predicted octanol–water partition coefficient (Wildman–Crippen LogP) is 3.00. The Morgan fingerprint density at radius 1 is 1.68 bits per heavy atom. The minimum absolute atomic E-state index is 0.00358. The summed E-state index contributed by atoms with van der Waals surface area (Å²) >= 11 is 9.11. The van der Waals surface area contributed by atoms with Crippen molar-refractivity contribution in [2.45, 2.75) is 13.3 Å². The van der Waals surface area contributed by atoms with Gasteiger partial charge in [-0.2, -0.15) is 0 Å². The molecule has 1 unspecified atom stereocenters. The normalized spacial score (nSPS) is 18.9. The SMILES string of the molecule is CCOCC1CCN(C(=O)c2cnc(Cl)c(Br)c2)C1. The Morgan fingerprint density at radius 2 is 2.47 bits per heavy atom. The molecule has 4 nitrogen and oxygen atoms in total. The van der Waals surface area contributed by atoms with Crippen molar-refractivity contribution in [3.05, 3.63) is 27.5 Å². The summed E-state index contributed by atoms with van der Waals surface area (Å²) in [6, 6.07) is 1.72. The number of likely N-dealkylation sites (tertiary alicyclic amines) is 1. The summed E-state index contributed by atoms with van der Waals surface area (Å²) in [5, 5.41) is 0.368. The second-order valence-electron chi connectivity index (χ2n) is 4.56. The maximum absolute atomic E-state index is 12.3. The van der Waals surface area contributed by atoms with E-state index in [1.165, 1.54) is 6.20 Å². The number of carbonyl (C=O) groups excluding carboxylic acids is 1. The number of aromatic nitrogens is 1. The van der Waals surface area contributed by atoms with Crippen molar-refractivity contribution in [2.75, 3.05) is 26.3 Å². The highest BCUT2D eigenvalue weighted by Crippen LogP contribution is 2.23. The van der Waals surface area contributed by atoms with E-state index in [1.54, 1.807) is 6.07 Å². The highest BCUT2D eigenvalue weighted by Gasteiger charge is 2.27. The number of rotatable bonds is 4. The number of pyridine rings is 1. The number of hydrogen-bond acceptors (Lipinski definition) is 3. The quantitative estimate of drug-likeness (QED) is 0.786. The van der Waals surface area contributed by atoms with Crippen molar-refractivity contribution in [1.29, 1.82) is 0 Å². The predicted molar refractivity (Wildman–Crippen MR) is 77.5 cm³/mol. The Morgan fingerprint density at radius 3 is 3.16 bits per heavy atom. The molecule has 1 amide bonds. The Balaban J connectivity index is 1.99. The van der Waals surface area contributed by atoms with Crippen LogP contribution in [-0.2, 0) is 4.74 Å². The van der Waals surface area contributed by atoms with E-state index in [1.807, 2.05) is 11.8 Å². The Labute approximate surface area is 126 Å². The molecule has 0 bridgehead atoms. The van der Waals surface area contributed by atoms with Crippen LogP contribution >= 0.6 is 27.5 Å². The largest absolute Gasteiger partial charge is 0.381 e. The molecule has 1 atom stereocenters. The van der Waals surface area contributed by atoms with Gasteiger partial charge in [0.05, 0.1) is 16.6 Å². The third kappa shape index (κ3) is 3.68. The lowest BCUT2D eigenvalue weighted by molar-refractivity contribution is 0.0762. The smallest absolute Gasteiger partial charge is 0.255 e. The average Bonchev–Trinajstić information content (AvgIpc) is 2.87. The van der Waals surface area contributed by atoms with Gasteiger partial charge in [0, 0.05) is 31.8 Å². The number of halogens is 2. The van der Waals surface area contributed by atoms with Crippen LogP contribution in [0.4, 0.5) is 0 Å². The molecule has 0 spiro atoms. The van der Waals surface area contributed by atoms with Crippen LogP contribution in [0.3, 0.4) is 0 Å². The van der Waals surface area contributed by atoms with Crippen molar-refractivity contribution in [3.63, 3.8) is 0 Å². The fourth-order valence-electron chi connectivity index (χ4n) is 2.16. The molecule has 2 rings (SSSR count). The monoisotopic (exact) mass is 346 g/mol. The van der Waals surface area contributed by atoms with E-state index >= 15 is 0 Å². The topological polar surface area (TPSA) is 42.4 Å². The third-order valence-electron chi connectivity index (χ3n) is 3.17. The first kappa shape index (κ1) is 14.8.